The van der Waals surface area contributed by atoms with Crippen LogP contribution in [0.1, 0.15) is 31.7 Å². The number of piperidine rings is 1. The third-order valence-corrected chi connectivity index (χ3v) is 4.02. The zero-order valence-electron chi connectivity index (χ0n) is 12.3. The predicted molar refractivity (Wildman–Crippen MR) is 82.6 cm³/mol. The number of rotatable bonds is 6. The summed E-state index contributed by atoms with van der Waals surface area (Å²) in [6.45, 7) is 5.36. The SMILES string of the molecule is CCCOC1CCCN(Cc2cc([N+](=O)[O-])ccc2Cl)C1. The van der Waals surface area contributed by atoms with Gasteiger partial charge in [0.1, 0.15) is 0 Å². The summed E-state index contributed by atoms with van der Waals surface area (Å²) in [5, 5.41) is 11.4. The molecule has 0 N–H and O–H groups in total. The van der Waals surface area contributed by atoms with E-state index in [1.165, 1.54) is 6.07 Å². The van der Waals surface area contributed by atoms with Crippen LogP contribution in [-0.2, 0) is 11.3 Å². The van der Waals surface area contributed by atoms with Crippen molar-refractivity contribution in [3.05, 3.63) is 38.9 Å². The maximum atomic E-state index is 10.9. The van der Waals surface area contributed by atoms with Gasteiger partial charge >= 0.3 is 0 Å². The van der Waals surface area contributed by atoms with Crippen molar-refractivity contribution in [3.8, 4) is 0 Å². The van der Waals surface area contributed by atoms with Crippen molar-refractivity contribution in [2.45, 2.75) is 38.8 Å². The number of ether oxygens (including phenoxy) is 1. The minimum absolute atomic E-state index is 0.0881. The van der Waals surface area contributed by atoms with Gasteiger partial charge in [-0.2, -0.15) is 0 Å². The van der Waals surface area contributed by atoms with Crippen LogP contribution in [-0.4, -0.2) is 35.6 Å². The topological polar surface area (TPSA) is 55.6 Å². The minimum Gasteiger partial charge on any atom is -0.377 e. The van der Waals surface area contributed by atoms with E-state index in [1.54, 1.807) is 12.1 Å². The summed E-state index contributed by atoms with van der Waals surface area (Å²) in [7, 11) is 0. The van der Waals surface area contributed by atoms with Crippen LogP contribution in [0.4, 0.5) is 5.69 Å². The van der Waals surface area contributed by atoms with E-state index in [0.717, 1.165) is 44.5 Å². The van der Waals surface area contributed by atoms with Gasteiger partial charge in [-0.25, -0.2) is 0 Å². The Labute approximate surface area is 130 Å². The molecule has 5 nitrogen and oxygen atoms in total. The average Bonchev–Trinajstić information content (AvgIpc) is 2.47. The summed E-state index contributed by atoms with van der Waals surface area (Å²) in [6, 6.07) is 4.61. The van der Waals surface area contributed by atoms with Gasteiger partial charge in [-0.3, -0.25) is 15.0 Å². The monoisotopic (exact) mass is 312 g/mol. The second-order valence-electron chi connectivity index (χ2n) is 5.40. The van der Waals surface area contributed by atoms with Crippen molar-refractivity contribution in [1.82, 2.24) is 4.90 Å². The fraction of sp³-hybridized carbons (Fsp3) is 0.600. The molecule has 1 fully saturated rings. The number of nitro benzene ring substituents is 1. The highest BCUT2D eigenvalue weighted by Crippen LogP contribution is 2.25. The first-order valence-corrected chi connectivity index (χ1v) is 7.74. The van der Waals surface area contributed by atoms with E-state index in [2.05, 4.69) is 11.8 Å². The van der Waals surface area contributed by atoms with Crippen LogP contribution < -0.4 is 0 Å². The molecule has 0 aromatic heterocycles. The van der Waals surface area contributed by atoms with Gasteiger partial charge in [0, 0.05) is 36.9 Å². The summed E-state index contributed by atoms with van der Waals surface area (Å²) < 4.78 is 5.81. The standard InChI is InChI=1S/C15H21ClN2O3/c1-2-8-21-14-4-3-7-17(11-14)10-12-9-13(18(19)20)5-6-15(12)16/h5-6,9,14H,2-4,7-8,10-11H2,1H3. The lowest BCUT2D eigenvalue weighted by Gasteiger charge is -2.32. The van der Waals surface area contributed by atoms with Crippen LogP contribution in [0.25, 0.3) is 0 Å². The molecule has 21 heavy (non-hydrogen) atoms. The third kappa shape index (κ3) is 4.66. The first-order chi connectivity index (χ1) is 10.1. The summed E-state index contributed by atoms with van der Waals surface area (Å²) in [4.78, 5) is 12.7. The number of benzene rings is 1. The molecule has 0 aliphatic carbocycles. The number of hydrogen-bond acceptors (Lipinski definition) is 4. The van der Waals surface area contributed by atoms with Crippen LogP contribution in [0.15, 0.2) is 18.2 Å². The molecule has 1 heterocycles. The Morgan fingerprint density at radius 3 is 3.05 bits per heavy atom. The fourth-order valence-corrected chi connectivity index (χ4v) is 2.79. The second-order valence-corrected chi connectivity index (χ2v) is 5.81. The van der Waals surface area contributed by atoms with Gasteiger partial charge in [0.05, 0.1) is 11.0 Å². The highest BCUT2D eigenvalue weighted by atomic mass is 35.5. The van der Waals surface area contributed by atoms with Crippen molar-refractivity contribution in [1.29, 1.82) is 0 Å². The van der Waals surface area contributed by atoms with Crippen molar-refractivity contribution in [3.63, 3.8) is 0 Å². The molecule has 116 valence electrons. The summed E-state index contributed by atoms with van der Waals surface area (Å²) in [5.41, 5.74) is 0.896. The molecule has 1 aromatic carbocycles. The second kappa shape index (κ2) is 7.73. The molecule has 1 aromatic rings. The van der Waals surface area contributed by atoms with Crippen molar-refractivity contribution in [2.75, 3.05) is 19.7 Å². The molecule has 1 unspecified atom stereocenters. The van der Waals surface area contributed by atoms with Crippen LogP contribution in [0.5, 0.6) is 0 Å². The van der Waals surface area contributed by atoms with Gasteiger partial charge < -0.3 is 4.74 Å². The Hall–Kier alpha value is -1.17. The fourth-order valence-electron chi connectivity index (χ4n) is 2.61. The Morgan fingerprint density at radius 2 is 2.33 bits per heavy atom. The average molecular weight is 313 g/mol. The molecule has 0 radical (unpaired) electrons. The molecular weight excluding hydrogens is 292 g/mol. The number of nitrogens with zero attached hydrogens (tertiary/aromatic N) is 2. The Bertz CT molecular complexity index is 496. The summed E-state index contributed by atoms with van der Waals surface area (Å²) >= 11 is 6.16. The molecule has 6 heteroatoms. The molecular formula is C15H21ClN2O3. The molecule has 0 spiro atoms. The zero-order valence-corrected chi connectivity index (χ0v) is 13.0. The highest BCUT2D eigenvalue weighted by molar-refractivity contribution is 6.31. The molecule has 2 rings (SSSR count). The van der Waals surface area contributed by atoms with Crippen LogP contribution in [0.2, 0.25) is 5.02 Å². The molecule has 0 amide bonds. The van der Waals surface area contributed by atoms with E-state index in [1.807, 2.05) is 0 Å². The molecule has 1 aliphatic rings. The summed E-state index contributed by atoms with van der Waals surface area (Å²) in [6.07, 6.45) is 3.45. The lowest BCUT2D eigenvalue weighted by Crippen LogP contribution is -2.39. The maximum absolute atomic E-state index is 10.9. The number of hydrogen-bond donors (Lipinski definition) is 0. The molecule has 1 atom stereocenters. The van der Waals surface area contributed by atoms with E-state index < -0.39 is 0 Å². The molecule has 1 saturated heterocycles. The number of nitro groups is 1. The predicted octanol–water partition coefficient (Wildman–Crippen LogP) is 3.64. The van der Waals surface area contributed by atoms with Crippen LogP contribution in [0.3, 0.4) is 0 Å². The Kier molecular flexibility index (Phi) is 5.96. The quantitative estimate of drug-likeness (QED) is 0.594. The Morgan fingerprint density at radius 1 is 1.52 bits per heavy atom. The van der Waals surface area contributed by atoms with Gasteiger partial charge in [-0.1, -0.05) is 18.5 Å². The van der Waals surface area contributed by atoms with Crippen LogP contribution in [0, 0.1) is 10.1 Å². The van der Waals surface area contributed by atoms with E-state index in [0.29, 0.717) is 11.6 Å². The molecule has 0 bridgehead atoms. The van der Waals surface area contributed by atoms with E-state index in [-0.39, 0.29) is 16.7 Å². The van der Waals surface area contributed by atoms with Crippen LogP contribution >= 0.6 is 11.6 Å². The van der Waals surface area contributed by atoms with Gasteiger partial charge in [0.2, 0.25) is 0 Å². The van der Waals surface area contributed by atoms with Gasteiger partial charge in [-0.15, -0.1) is 0 Å². The number of likely N-dealkylation sites (tertiary alicyclic amines) is 1. The zero-order chi connectivity index (χ0) is 15.2. The minimum atomic E-state index is -0.386. The van der Waals surface area contributed by atoms with Gasteiger partial charge in [-0.05, 0) is 37.4 Å². The summed E-state index contributed by atoms with van der Waals surface area (Å²) in [5.74, 6) is 0. The smallest absolute Gasteiger partial charge is 0.269 e. The first kappa shape index (κ1) is 16.2. The van der Waals surface area contributed by atoms with Gasteiger partial charge in [0.15, 0.2) is 0 Å². The third-order valence-electron chi connectivity index (χ3n) is 3.65. The first-order valence-electron chi connectivity index (χ1n) is 7.37. The lowest BCUT2D eigenvalue weighted by molar-refractivity contribution is -0.384. The largest absolute Gasteiger partial charge is 0.377 e. The van der Waals surface area contributed by atoms with E-state index >= 15 is 0 Å². The number of halogens is 1. The van der Waals surface area contributed by atoms with Crippen molar-refractivity contribution >= 4 is 17.3 Å². The van der Waals surface area contributed by atoms with Crippen molar-refractivity contribution in [2.24, 2.45) is 0 Å². The molecule has 1 aliphatic heterocycles. The molecule has 0 saturated carbocycles. The van der Waals surface area contributed by atoms with Gasteiger partial charge in [0.25, 0.3) is 5.69 Å². The Balaban J connectivity index is 2.00. The number of non-ortho nitro benzene ring substituents is 1. The van der Waals surface area contributed by atoms with E-state index in [4.69, 9.17) is 16.3 Å². The lowest BCUT2D eigenvalue weighted by atomic mass is 10.1. The maximum Gasteiger partial charge on any atom is 0.269 e. The van der Waals surface area contributed by atoms with Crippen molar-refractivity contribution < 1.29 is 9.66 Å². The normalized spacial score (nSPS) is 19.6. The van der Waals surface area contributed by atoms with E-state index in [9.17, 15) is 10.1 Å². The highest BCUT2D eigenvalue weighted by Gasteiger charge is 2.21.